The molecule has 0 aliphatic rings. The Hall–Kier alpha value is -3.75. The molecule has 0 aliphatic heterocycles. The molecule has 4 rings (SSSR count). The summed E-state index contributed by atoms with van der Waals surface area (Å²) in [5.74, 6) is 1.60. The van der Waals surface area contributed by atoms with Crippen LogP contribution in [-0.2, 0) is 0 Å². The first-order valence-corrected chi connectivity index (χ1v) is 7.45. The van der Waals surface area contributed by atoms with Gasteiger partial charge in [0.15, 0.2) is 11.6 Å². The van der Waals surface area contributed by atoms with Gasteiger partial charge in [0.2, 0.25) is 5.95 Å². The van der Waals surface area contributed by atoms with Crippen LogP contribution >= 0.6 is 0 Å². The molecular weight excluding hydrogens is 322 g/mol. The van der Waals surface area contributed by atoms with Gasteiger partial charge in [-0.2, -0.15) is 10.1 Å². The number of H-pyrrole nitrogens is 2. The number of carbonyl (C=O) groups excluding carboxylic acids is 1. The van der Waals surface area contributed by atoms with E-state index in [0.29, 0.717) is 23.0 Å². The fraction of sp³-hybridized carbons (Fsp3) is 0.0625. The topological polar surface area (TPSA) is 125 Å². The lowest BCUT2D eigenvalue weighted by Crippen LogP contribution is -2.13. The monoisotopic (exact) mass is 335 g/mol. The zero-order valence-electron chi connectivity index (χ0n) is 13.1. The molecule has 0 radical (unpaired) electrons. The summed E-state index contributed by atoms with van der Waals surface area (Å²) in [6, 6.07) is 8.76. The third kappa shape index (κ3) is 3.02. The van der Waals surface area contributed by atoms with Crippen molar-refractivity contribution in [1.82, 2.24) is 30.4 Å². The lowest BCUT2D eigenvalue weighted by molar-refractivity contribution is 0.102. The number of aryl methyl sites for hydroxylation is 1. The zero-order valence-corrected chi connectivity index (χ0v) is 13.1. The van der Waals surface area contributed by atoms with Crippen LogP contribution in [0, 0.1) is 6.92 Å². The van der Waals surface area contributed by atoms with Crippen LogP contribution in [0.15, 0.2) is 47.3 Å². The van der Waals surface area contributed by atoms with E-state index >= 15 is 0 Å². The minimum absolute atomic E-state index is 0.181. The summed E-state index contributed by atoms with van der Waals surface area (Å²) in [5.41, 5.74) is 1.94. The molecule has 3 aromatic heterocycles. The van der Waals surface area contributed by atoms with Crippen molar-refractivity contribution in [2.45, 2.75) is 6.92 Å². The van der Waals surface area contributed by atoms with E-state index in [4.69, 9.17) is 4.42 Å². The van der Waals surface area contributed by atoms with Crippen LogP contribution in [0.1, 0.15) is 16.2 Å². The molecule has 0 atom stereocenters. The van der Waals surface area contributed by atoms with Crippen molar-refractivity contribution in [3.63, 3.8) is 0 Å². The number of nitrogens with zero attached hydrogens (tertiary/aromatic N) is 4. The number of aromatic nitrogens is 6. The summed E-state index contributed by atoms with van der Waals surface area (Å²) >= 11 is 0. The van der Waals surface area contributed by atoms with Crippen LogP contribution in [0.25, 0.3) is 22.8 Å². The molecule has 9 heteroatoms. The van der Waals surface area contributed by atoms with Gasteiger partial charge in [-0.15, -0.1) is 5.10 Å². The smallest absolute Gasteiger partial charge is 0.258 e. The average Bonchev–Trinajstić information content (AvgIpc) is 3.36. The molecule has 1 amide bonds. The van der Waals surface area contributed by atoms with Gasteiger partial charge in [0.25, 0.3) is 5.91 Å². The Bertz CT molecular complexity index is 1020. The molecule has 0 saturated heterocycles. The van der Waals surface area contributed by atoms with Gasteiger partial charge in [-0.25, -0.2) is 4.98 Å². The van der Waals surface area contributed by atoms with Gasteiger partial charge in [-0.05, 0) is 25.1 Å². The van der Waals surface area contributed by atoms with E-state index in [1.165, 1.54) is 12.5 Å². The highest BCUT2D eigenvalue weighted by Gasteiger charge is 2.13. The Morgan fingerprint density at radius 3 is 2.80 bits per heavy atom. The molecule has 3 heterocycles. The van der Waals surface area contributed by atoms with E-state index in [1.807, 2.05) is 13.0 Å². The summed E-state index contributed by atoms with van der Waals surface area (Å²) in [6.07, 6.45) is 3.07. The highest BCUT2D eigenvalue weighted by molar-refractivity contribution is 6.04. The van der Waals surface area contributed by atoms with E-state index < -0.39 is 0 Å². The van der Waals surface area contributed by atoms with Gasteiger partial charge in [0.05, 0.1) is 11.8 Å². The molecule has 25 heavy (non-hydrogen) atoms. The minimum atomic E-state index is -0.327. The summed E-state index contributed by atoms with van der Waals surface area (Å²) in [4.78, 5) is 20.9. The van der Waals surface area contributed by atoms with Crippen LogP contribution < -0.4 is 5.32 Å². The van der Waals surface area contributed by atoms with E-state index in [0.717, 1.165) is 11.1 Å². The first-order chi connectivity index (χ1) is 12.2. The van der Waals surface area contributed by atoms with Gasteiger partial charge in [0.1, 0.15) is 12.1 Å². The number of anilines is 1. The first-order valence-electron chi connectivity index (χ1n) is 7.45. The van der Waals surface area contributed by atoms with Crippen molar-refractivity contribution < 1.29 is 9.21 Å². The normalized spacial score (nSPS) is 10.8. The number of furan rings is 1. The molecule has 0 fully saturated rings. The van der Waals surface area contributed by atoms with Crippen molar-refractivity contribution in [1.29, 1.82) is 0 Å². The predicted molar refractivity (Wildman–Crippen MR) is 88.6 cm³/mol. The molecule has 0 aliphatic carbocycles. The second-order valence-corrected chi connectivity index (χ2v) is 5.30. The van der Waals surface area contributed by atoms with Gasteiger partial charge in [-0.1, -0.05) is 12.1 Å². The number of amides is 1. The van der Waals surface area contributed by atoms with Gasteiger partial charge >= 0.3 is 0 Å². The van der Waals surface area contributed by atoms with E-state index in [-0.39, 0.29) is 11.9 Å². The molecule has 0 bridgehead atoms. The lowest BCUT2D eigenvalue weighted by Gasteiger charge is -2.02. The van der Waals surface area contributed by atoms with Crippen molar-refractivity contribution >= 4 is 11.9 Å². The average molecular weight is 335 g/mol. The number of rotatable bonds is 4. The molecule has 3 N–H and O–H groups in total. The third-order valence-corrected chi connectivity index (χ3v) is 3.49. The Balaban J connectivity index is 1.53. The van der Waals surface area contributed by atoms with Crippen molar-refractivity contribution in [3.8, 4) is 22.8 Å². The minimum Gasteiger partial charge on any atom is -0.472 e. The van der Waals surface area contributed by atoms with Crippen molar-refractivity contribution in [3.05, 3.63) is 54.2 Å². The Morgan fingerprint density at radius 2 is 2.04 bits per heavy atom. The summed E-state index contributed by atoms with van der Waals surface area (Å²) < 4.78 is 5.00. The van der Waals surface area contributed by atoms with Crippen LogP contribution in [0.4, 0.5) is 5.95 Å². The molecule has 0 spiro atoms. The van der Waals surface area contributed by atoms with Gasteiger partial charge in [0, 0.05) is 11.1 Å². The fourth-order valence-corrected chi connectivity index (χ4v) is 2.29. The van der Waals surface area contributed by atoms with Gasteiger partial charge < -0.3 is 4.42 Å². The van der Waals surface area contributed by atoms with Crippen LogP contribution in [0.5, 0.6) is 0 Å². The fourth-order valence-electron chi connectivity index (χ4n) is 2.29. The van der Waals surface area contributed by atoms with Crippen molar-refractivity contribution in [2.24, 2.45) is 0 Å². The zero-order chi connectivity index (χ0) is 17.2. The summed E-state index contributed by atoms with van der Waals surface area (Å²) in [6.45, 7) is 1.81. The maximum atomic E-state index is 12.4. The molecular formula is C16H13N7O2. The highest BCUT2D eigenvalue weighted by Crippen LogP contribution is 2.18. The standard InChI is InChI=1S/C16H13N7O2/c1-9-17-13(21-20-9)10-3-2-4-11(7-10)15(24)19-16-18-14(22-23-16)12-5-6-25-8-12/h2-8H,1H3,(H,17,20,21)(H2,18,19,22,23,24). The third-order valence-electron chi connectivity index (χ3n) is 3.49. The Labute approximate surface area is 141 Å². The van der Waals surface area contributed by atoms with Crippen LogP contribution in [0.2, 0.25) is 0 Å². The number of hydrogen-bond donors (Lipinski definition) is 3. The largest absolute Gasteiger partial charge is 0.472 e. The highest BCUT2D eigenvalue weighted by atomic mass is 16.3. The summed E-state index contributed by atoms with van der Waals surface area (Å²) in [7, 11) is 0. The predicted octanol–water partition coefficient (Wildman–Crippen LogP) is 2.41. The molecule has 0 unspecified atom stereocenters. The molecule has 9 nitrogen and oxygen atoms in total. The summed E-state index contributed by atoms with van der Waals surface area (Å²) in [5, 5.41) is 16.3. The number of benzene rings is 1. The van der Waals surface area contributed by atoms with E-state index in [2.05, 4.69) is 35.7 Å². The molecule has 124 valence electrons. The Kier molecular flexibility index (Phi) is 3.58. The maximum absolute atomic E-state index is 12.4. The Morgan fingerprint density at radius 1 is 1.12 bits per heavy atom. The maximum Gasteiger partial charge on any atom is 0.258 e. The molecule has 4 aromatic rings. The van der Waals surface area contributed by atoms with E-state index in [1.54, 1.807) is 24.3 Å². The second kappa shape index (κ2) is 6.04. The number of aromatic amines is 2. The molecule has 1 aromatic carbocycles. The second-order valence-electron chi connectivity index (χ2n) is 5.30. The molecule has 0 saturated carbocycles. The quantitative estimate of drug-likeness (QED) is 0.526. The first kappa shape index (κ1) is 14.8. The van der Waals surface area contributed by atoms with Crippen molar-refractivity contribution in [2.75, 3.05) is 5.32 Å². The van der Waals surface area contributed by atoms with E-state index in [9.17, 15) is 4.79 Å². The number of nitrogens with one attached hydrogen (secondary N) is 3. The van der Waals surface area contributed by atoms with Crippen LogP contribution in [-0.4, -0.2) is 36.3 Å². The lowest BCUT2D eigenvalue weighted by atomic mass is 10.1. The van der Waals surface area contributed by atoms with Gasteiger partial charge in [-0.3, -0.25) is 20.3 Å². The SMILES string of the molecule is Cc1nc(-c2cccc(C(=O)Nc3n[nH]c(-c4ccoc4)n3)c2)n[nH]1. The number of carbonyl (C=O) groups is 1. The number of hydrogen-bond acceptors (Lipinski definition) is 6. The van der Waals surface area contributed by atoms with Crippen LogP contribution in [0.3, 0.4) is 0 Å².